The first-order valence-corrected chi connectivity index (χ1v) is 9.90. The Kier molecular flexibility index (Phi) is 8.82. The minimum atomic E-state index is -0.162. The van der Waals surface area contributed by atoms with E-state index in [-0.39, 0.29) is 29.4 Å². The molecule has 8 nitrogen and oxygen atoms in total. The smallest absolute Gasteiger partial charge is 0.232 e. The van der Waals surface area contributed by atoms with Gasteiger partial charge in [0, 0.05) is 30.9 Å². The first kappa shape index (κ1) is 23.8. The van der Waals surface area contributed by atoms with Gasteiger partial charge in [0.05, 0.1) is 5.69 Å². The molecule has 2 N–H and O–H groups in total. The van der Waals surface area contributed by atoms with Crippen LogP contribution < -0.4 is 10.6 Å². The van der Waals surface area contributed by atoms with E-state index in [0.717, 1.165) is 31.2 Å². The Bertz CT molecular complexity index is 912. The summed E-state index contributed by atoms with van der Waals surface area (Å²) in [6.07, 6.45) is 4.60. The number of guanidine groups is 1. The number of aromatic nitrogens is 4. The van der Waals surface area contributed by atoms with Crippen LogP contribution in [-0.4, -0.2) is 39.0 Å². The van der Waals surface area contributed by atoms with Crippen LogP contribution in [0.1, 0.15) is 45.0 Å². The van der Waals surface area contributed by atoms with Crippen LogP contribution in [0.4, 0.5) is 0 Å². The third kappa shape index (κ3) is 6.82. The molecule has 3 aromatic rings. The lowest BCUT2D eigenvalue weighted by Gasteiger charge is -2.11. The van der Waals surface area contributed by atoms with Gasteiger partial charge in [0.2, 0.25) is 5.89 Å². The van der Waals surface area contributed by atoms with Crippen LogP contribution in [0, 0.1) is 0 Å². The number of halogens is 1. The van der Waals surface area contributed by atoms with Crippen molar-refractivity contribution < 1.29 is 4.52 Å². The highest BCUT2D eigenvalue weighted by Crippen LogP contribution is 2.19. The van der Waals surface area contributed by atoms with E-state index < -0.39 is 0 Å². The third-order valence-corrected chi connectivity index (χ3v) is 4.24. The lowest BCUT2D eigenvalue weighted by atomic mass is 9.97. The van der Waals surface area contributed by atoms with E-state index in [2.05, 4.69) is 55.1 Å². The molecule has 162 valence electrons. The zero-order valence-electron chi connectivity index (χ0n) is 17.9. The number of nitrogens with zero attached hydrogens (tertiary/aromatic N) is 5. The maximum atomic E-state index is 5.32. The zero-order valence-corrected chi connectivity index (χ0v) is 20.3. The highest BCUT2D eigenvalue weighted by atomic mass is 127. The van der Waals surface area contributed by atoms with Gasteiger partial charge in [-0.25, -0.2) is 9.67 Å². The highest BCUT2D eigenvalue weighted by Gasteiger charge is 2.21. The first-order valence-electron chi connectivity index (χ1n) is 9.90. The van der Waals surface area contributed by atoms with Crippen molar-refractivity contribution in [3.63, 3.8) is 0 Å². The Morgan fingerprint density at radius 2 is 1.93 bits per heavy atom. The SMILES string of the molecule is CCNC(=NCc1noc(C(C)(C)C)n1)NCCc1ccc(-n2cccn2)cc1.I. The number of hydrogen-bond donors (Lipinski definition) is 2. The summed E-state index contributed by atoms with van der Waals surface area (Å²) in [7, 11) is 0. The number of benzene rings is 1. The molecule has 0 saturated heterocycles. The number of hydrogen-bond acceptors (Lipinski definition) is 5. The molecule has 0 amide bonds. The molecule has 2 aromatic heterocycles. The summed E-state index contributed by atoms with van der Waals surface area (Å²) in [6.45, 7) is 10.1. The van der Waals surface area contributed by atoms with E-state index >= 15 is 0 Å². The lowest BCUT2D eigenvalue weighted by molar-refractivity contribution is 0.318. The summed E-state index contributed by atoms with van der Waals surface area (Å²) in [5, 5.41) is 14.9. The Morgan fingerprint density at radius 1 is 1.17 bits per heavy atom. The van der Waals surface area contributed by atoms with Crippen LogP contribution in [0.5, 0.6) is 0 Å². The normalized spacial score (nSPS) is 11.8. The minimum absolute atomic E-state index is 0. The van der Waals surface area contributed by atoms with E-state index in [9.17, 15) is 0 Å². The van der Waals surface area contributed by atoms with Gasteiger partial charge >= 0.3 is 0 Å². The molecule has 0 fully saturated rings. The summed E-state index contributed by atoms with van der Waals surface area (Å²) in [5.74, 6) is 1.95. The second kappa shape index (κ2) is 11.1. The molecule has 9 heteroatoms. The maximum Gasteiger partial charge on any atom is 0.232 e. The predicted molar refractivity (Wildman–Crippen MR) is 128 cm³/mol. The number of rotatable bonds is 7. The van der Waals surface area contributed by atoms with Crippen LogP contribution in [0.2, 0.25) is 0 Å². The molecule has 0 atom stereocenters. The molecule has 0 aliphatic heterocycles. The van der Waals surface area contributed by atoms with Crippen molar-refractivity contribution in [1.82, 2.24) is 30.6 Å². The Morgan fingerprint density at radius 3 is 2.53 bits per heavy atom. The van der Waals surface area contributed by atoms with Crippen LogP contribution in [0.15, 0.2) is 52.2 Å². The van der Waals surface area contributed by atoms with Crippen LogP contribution in [-0.2, 0) is 18.4 Å². The average molecular weight is 523 g/mol. The van der Waals surface area contributed by atoms with Crippen molar-refractivity contribution in [1.29, 1.82) is 0 Å². The molecule has 0 spiro atoms. The second-order valence-corrected chi connectivity index (χ2v) is 7.75. The van der Waals surface area contributed by atoms with Gasteiger partial charge in [-0.15, -0.1) is 24.0 Å². The van der Waals surface area contributed by atoms with Crippen molar-refractivity contribution in [2.45, 2.75) is 46.1 Å². The van der Waals surface area contributed by atoms with Crippen LogP contribution in [0.25, 0.3) is 5.69 Å². The Hall–Kier alpha value is -2.43. The monoisotopic (exact) mass is 523 g/mol. The van der Waals surface area contributed by atoms with Crippen molar-refractivity contribution in [3.8, 4) is 5.69 Å². The van der Waals surface area contributed by atoms with Crippen molar-refractivity contribution >= 4 is 29.9 Å². The van der Waals surface area contributed by atoms with Gasteiger partial charge in [0.25, 0.3) is 0 Å². The molecular weight excluding hydrogens is 493 g/mol. The van der Waals surface area contributed by atoms with Crippen LogP contribution >= 0.6 is 24.0 Å². The molecule has 30 heavy (non-hydrogen) atoms. The van der Waals surface area contributed by atoms with E-state index in [0.29, 0.717) is 18.3 Å². The molecule has 0 aliphatic rings. The summed E-state index contributed by atoms with van der Waals surface area (Å²) >= 11 is 0. The van der Waals surface area contributed by atoms with Gasteiger partial charge in [-0.05, 0) is 37.1 Å². The minimum Gasteiger partial charge on any atom is -0.357 e. The fraction of sp³-hybridized carbons (Fsp3) is 0.429. The molecule has 0 bridgehead atoms. The zero-order chi connectivity index (χ0) is 20.7. The fourth-order valence-corrected chi connectivity index (χ4v) is 2.68. The second-order valence-electron chi connectivity index (χ2n) is 7.75. The van der Waals surface area contributed by atoms with Crippen molar-refractivity contribution in [2.75, 3.05) is 13.1 Å². The summed E-state index contributed by atoms with van der Waals surface area (Å²) in [4.78, 5) is 8.98. The topological polar surface area (TPSA) is 93.2 Å². The predicted octanol–water partition coefficient (Wildman–Crippen LogP) is 3.47. The largest absolute Gasteiger partial charge is 0.357 e. The lowest BCUT2D eigenvalue weighted by Crippen LogP contribution is -2.38. The maximum absolute atomic E-state index is 5.32. The number of aliphatic imine (C=N–C) groups is 1. The van der Waals surface area contributed by atoms with Gasteiger partial charge in [0.15, 0.2) is 11.8 Å². The van der Waals surface area contributed by atoms with Crippen molar-refractivity contribution in [2.24, 2.45) is 4.99 Å². The van der Waals surface area contributed by atoms with Gasteiger partial charge in [-0.3, -0.25) is 0 Å². The molecule has 0 aliphatic carbocycles. The summed E-state index contributed by atoms with van der Waals surface area (Å²) in [5.41, 5.74) is 2.14. The van der Waals surface area contributed by atoms with Crippen LogP contribution in [0.3, 0.4) is 0 Å². The standard InChI is InChI=1S/C21H29N7O.HI/c1-5-22-20(24-15-18-26-19(29-27-18)21(2,3)4)23-13-11-16-7-9-17(10-8-16)28-14-6-12-25-28;/h6-10,12,14H,5,11,13,15H2,1-4H3,(H2,22,23,24);1H. The first-order chi connectivity index (χ1) is 14.0. The summed E-state index contributed by atoms with van der Waals surface area (Å²) in [6, 6.07) is 10.3. The molecule has 0 saturated carbocycles. The molecular formula is C21H30IN7O. The van der Waals surface area contributed by atoms with E-state index in [1.165, 1.54) is 5.56 Å². The highest BCUT2D eigenvalue weighted by molar-refractivity contribution is 14.0. The molecule has 2 heterocycles. The third-order valence-electron chi connectivity index (χ3n) is 4.24. The summed E-state index contributed by atoms with van der Waals surface area (Å²) < 4.78 is 7.17. The van der Waals surface area contributed by atoms with Gasteiger partial charge in [-0.2, -0.15) is 10.1 Å². The van der Waals surface area contributed by atoms with Crippen molar-refractivity contribution in [3.05, 3.63) is 60.0 Å². The number of nitrogens with one attached hydrogen (secondary N) is 2. The Labute approximate surface area is 194 Å². The van der Waals surface area contributed by atoms with E-state index in [1.807, 2.05) is 44.6 Å². The molecule has 0 radical (unpaired) electrons. The molecule has 0 unspecified atom stereocenters. The fourth-order valence-electron chi connectivity index (χ4n) is 2.68. The Balaban J connectivity index is 0.00000320. The molecule has 3 rings (SSSR count). The molecule has 1 aromatic carbocycles. The van der Waals surface area contributed by atoms with Gasteiger partial charge < -0.3 is 15.2 Å². The average Bonchev–Trinajstić information content (AvgIpc) is 3.38. The van der Waals surface area contributed by atoms with E-state index in [4.69, 9.17) is 4.52 Å². The van der Waals surface area contributed by atoms with Gasteiger partial charge in [-0.1, -0.05) is 38.1 Å². The van der Waals surface area contributed by atoms with E-state index in [1.54, 1.807) is 6.20 Å². The quantitative estimate of drug-likeness (QED) is 0.280. The van der Waals surface area contributed by atoms with Gasteiger partial charge in [0.1, 0.15) is 6.54 Å².